The van der Waals surface area contributed by atoms with E-state index in [0.29, 0.717) is 6.42 Å². The van der Waals surface area contributed by atoms with E-state index in [9.17, 15) is 4.39 Å². The van der Waals surface area contributed by atoms with E-state index in [4.69, 9.17) is 9.97 Å². The Morgan fingerprint density at radius 3 is 2.33 bits per heavy atom. The Kier molecular flexibility index (Phi) is 5.12. The molecule has 1 aliphatic heterocycles. The minimum atomic E-state index is -0.244. The molecule has 33 heavy (non-hydrogen) atoms. The van der Waals surface area contributed by atoms with Crippen LogP contribution in [0.4, 0.5) is 21.7 Å². The van der Waals surface area contributed by atoms with Crippen molar-refractivity contribution in [1.29, 1.82) is 0 Å². The molecule has 0 saturated heterocycles. The molecule has 0 saturated carbocycles. The van der Waals surface area contributed by atoms with Gasteiger partial charge in [0, 0.05) is 48.6 Å². The maximum Gasteiger partial charge on any atom is 0.142 e. The van der Waals surface area contributed by atoms with Crippen molar-refractivity contribution in [2.75, 3.05) is 23.8 Å². The molecule has 0 amide bonds. The Balaban J connectivity index is 1.49. The SMILES string of the molecule is CNc1nc(Cc2ccc(-n3cnc(C)c3)cc2)nc2c1C(C)(C)CN2c1ccc(F)cc1. The van der Waals surface area contributed by atoms with E-state index in [1.807, 2.05) is 31.1 Å². The Bertz CT molecular complexity index is 1290. The van der Waals surface area contributed by atoms with Crippen LogP contribution in [0.15, 0.2) is 61.1 Å². The van der Waals surface area contributed by atoms with Gasteiger partial charge < -0.3 is 14.8 Å². The molecule has 2 aromatic heterocycles. The third-order valence-electron chi connectivity index (χ3n) is 6.11. The Labute approximate surface area is 193 Å². The van der Waals surface area contributed by atoms with Gasteiger partial charge in [0.1, 0.15) is 23.3 Å². The summed E-state index contributed by atoms with van der Waals surface area (Å²) in [6.45, 7) is 7.11. The fraction of sp³-hybridized carbons (Fsp3) is 0.269. The largest absolute Gasteiger partial charge is 0.373 e. The lowest BCUT2D eigenvalue weighted by Crippen LogP contribution is -2.25. The maximum atomic E-state index is 13.5. The third-order valence-corrected chi connectivity index (χ3v) is 6.11. The second kappa shape index (κ2) is 7.99. The highest BCUT2D eigenvalue weighted by atomic mass is 19.1. The molecule has 168 valence electrons. The van der Waals surface area contributed by atoms with E-state index < -0.39 is 0 Å². The first-order valence-corrected chi connectivity index (χ1v) is 11.1. The normalized spacial score (nSPS) is 14.4. The predicted octanol–water partition coefficient (Wildman–Crippen LogP) is 5.17. The molecule has 1 N–H and O–H groups in total. The van der Waals surface area contributed by atoms with Crippen molar-refractivity contribution in [3.8, 4) is 5.69 Å². The summed E-state index contributed by atoms with van der Waals surface area (Å²) in [5, 5.41) is 3.28. The number of fused-ring (bicyclic) bond motifs is 1. The topological polar surface area (TPSA) is 58.9 Å². The molecule has 0 bridgehead atoms. The van der Waals surface area contributed by atoms with Gasteiger partial charge in [0.15, 0.2) is 0 Å². The molecule has 5 rings (SSSR count). The predicted molar refractivity (Wildman–Crippen MR) is 129 cm³/mol. The summed E-state index contributed by atoms with van der Waals surface area (Å²) in [5.41, 5.74) is 5.04. The molecule has 1 aliphatic rings. The fourth-order valence-corrected chi connectivity index (χ4v) is 4.49. The fourth-order valence-electron chi connectivity index (χ4n) is 4.49. The summed E-state index contributed by atoms with van der Waals surface area (Å²) in [4.78, 5) is 16.3. The van der Waals surface area contributed by atoms with Gasteiger partial charge in [-0.3, -0.25) is 0 Å². The number of hydrogen-bond acceptors (Lipinski definition) is 5. The van der Waals surface area contributed by atoms with Crippen LogP contribution in [0.2, 0.25) is 0 Å². The molecule has 0 unspecified atom stereocenters. The Morgan fingerprint density at radius 2 is 1.70 bits per heavy atom. The maximum absolute atomic E-state index is 13.5. The van der Waals surface area contributed by atoms with Gasteiger partial charge in [-0.25, -0.2) is 19.3 Å². The Morgan fingerprint density at radius 1 is 1.00 bits per heavy atom. The zero-order valence-corrected chi connectivity index (χ0v) is 19.3. The van der Waals surface area contributed by atoms with Crippen molar-refractivity contribution in [2.45, 2.75) is 32.6 Å². The molecule has 0 fully saturated rings. The van der Waals surface area contributed by atoms with Gasteiger partial charge >= 0.3 is 0 Å². The van der Waals surface area contributed by atoms with Crippen LogP contribution in [0, 0.1) is 12.7 Å². The highest BCUT2D eigenvalue weighted by Gasteiger charge is 2.40. The van der Waals surface area contributed by atoms with E-state index in [1.54, 1.807) is 12.1 Å². The number of nitrogens with zero attached hydrogens (tertiary/aromatic N) is 5. The van der Waals surface area contributed by atoms with E-state index in [2.05, 4.69) is 53.3 Å². The van der Waals surface area contributed by atoms with Crippen LogP contribution in [-0.2, 0) is 11.8 Å². The smallest absolute Gasteiger partial charge is 0.142 e. The number of imidazole rings is 1. The average molecular weight is 443 g/mol. The van der Waals surface area contributed by atoms with Crippen molar-refractivity contribution in [3.05, 3.63) is 89.5 Å². The molecule has 0 atom stereocenters. The second-order valence-electron chi connectivity index (χ2n) is 9.15. The number of benzene rings is 2. The molecular weight excluding hydrogens is 415 g/mol. The van der Waals surface area contributed by atoms with Gasteiger partial charge in [0.25, 0.3) is 0 Å². The number of hydrogen-bond donors (Lipinski definition) is 1. The molecule has 4 aromatic rings. The molecule has 6 nitrogen and oxygen atoms in total. The van der Waals surface area contributed by atoms with E-state index in [1.165, 1.54) is 12.1 Å². The number of nitrogens with one attached hydrogen (secondary N) is 1. The van der Waals surface area contributed by atoms with Crippen LogP contribution in [0.25, 0.3) is 5.69 Å². The summed E-state index contributed by atoms with van der Waals surface area (Å²) < 4.78 is 15.5. The summed E-state index contributed by atoms with van der Waals surface area (Å²) in [7, 11) is 1.89. The zero-order valence-electron chi connectivity index (χ0n) is 19.3. The van der Waals surface area contributed by atoms with Gasteiger partial charge in [-0.1, -0.05) is 26.0 Å². The van der Waals surface area contributed by atoms with Crippen LogP contribution in [-0.4, -0.2) is 33.1 Å². The number of rotatable bonds is 5. The van der Waals surface area contributed by atoms with Crippen molar-refractivity contribution in [1.82, 2.24) is 19.5 Å². The van der Waals surface area contributed by atoms with Crippen molar-refractivity contribution >= 4 is 17.3 Å². The molecule has 0 aliphatic carbocycles. The first-order valence-electron chi connectivity index (χ1n) is 11.1. The van der Waals surface area contributed by atoms with E-state index in [-0.39, 0.29) is 11.2 Å². The lowest BCUT2D eigenvalue weighted by molar-refractivity contribution is 0.568. The van der Waals surface area contributed by atoms with Gasteiger partial charge in [-0.05, 0) is 48.9 Å². The lowest BCUT2D eigenvalue weighted by Gasteiger charge is -2.21. The number of halogens is 1. The van der Waals surface area contributed by atoms with Gasteiger partial charge in [0.2, 0.25) is 0 Å². The van der Waals surface area contributed by atoms with E-state index >= 15 is 0 Å². The van der Waals surface area contributed by atoms with Crippen LogP contribution < -0.4 is 10.2 Å². The molecule has 2 aromatic carbocycles. The van der Waals surface area contributed by atoms with Crippen molar-refractivity contribution in [2.24, 2.45) is 0 Å². The lowest BCUT2D eigenvalue weighted by atomic mass is 9.88. The summed E-state index contributed by atoms with van der Waals surface area (Å²) >= 11 is 0. The van der Waals surface area contributed by atoms with Crippen LogP contribution in [0.5, 0.6) is 0 Å². The van der Waals surface area contributed by atoms with Gasteiger partial charge in [0.05, 0.1) is 12.0 Å². The van der Waals surface area contributed by atoms with Gasteiger partial charge in [-0.15, -0.1) is 0 Å². The number of aryl methyl sites for hydroxylation is 1. The van der Waals surface area contributed by atoms with Crippen LogP contribution in [0.3, 0.4) is 0 Å². The van der Waals surface area contributed by atoms with Crippen LogP contribution in [0.1, 0.15) is 36.5 Å². The van der Waals surface area contributed by atoms with Crippen LogP contribution >= 0.6 is 0 Å². The third kappa shape index (κ3) is 3.95. The standard InChI is InChI=1S/C26H27FN6/c1-17-14-32(16-29-17)20-9-5-18(6-10-20)13-22-30-24(28-4)23-25(31-22)33(15-26(23,2)3)21-11-7-19(27)8-12-21/h5-12,14,16H,13,15H2,1-4H3,(H,28,30,31). The summed E-state index contributed by atoms with van der Waals surface area (Å²) in [6, 6.07) is 14.9. The molecular formula is C26H27FN6. The van der Waals surface area contributed by atoms with Crippen molar-refractivity contribution in [3.63, 3.8) is 0 Å². The molecule has 0 radical (unpaired) electrons. The molecule has 7 heteroatoms. The molecule has 3 heterocycles. The minimum Gasteiger partial charge on any atom is -0.373 e. The first kappa shape index (κ1) is 21.1. The average Bonchev–Trinajstić information content (AvgIpc) is 3.35. The minimum absolute atomic E-state index is 0.148. The zero-order chi connectivity index (χ0) is 23.2. The second-order valence-corrected chi connectivity index (χ2v) is 9.15. The quantitative estimate of drug-likeness (QED) is 0.462. The molecule has 0 spiro atoms. The van der Waals surface area contributed by atoms with E-state index in [0.717, 1.165) is 52.2 Å². The highest BCUT2D eigenvalue weighted by molar-refractivity contribution is 5.74. The Hall–Kier alpha value is -3.74. The number of aromatic nitrogens is 4. The van der Waals surface area contributed by atoms with Crippen molar-refractivity contribution < 1.29 is 4.39 Å². The monoisotopic (exact) mass is 442 g/mol. The summed E-state index contributed by atoms with van der Waals surface area (Å²) in [6.07, 6.45) is 4.44. The highest BCUT2D eigenvalue weighted by Crippen LogP contribution is 2.46. The summed E-state index contributed by atoms with van der Waals surface area (Å²) in [5.74, 6) is 2.22. The first-order chi connectivity index (χ1) is 15.8. The number of anilines is 3. The van der Waals surface area contributed by atoms with Gasteiger partial charge in [-0.2, -0.15) is 0 Å².